The lowest BCUT2D eigenvalue weighted by atomic mass is 9.85. The van der Waals surface area contributed by atoms with E-state index < -0.39 is 0 Å². The highest BCUT2D eigenvalue weighted by atomic mass is 79.9. The Bertz CT molecular complexity index is 406. The molecule has 0 radical (unpaired) electrons. The van der Waals surface area contributed by atoms with Gasteiger partial charge in [-0.25, -0.2) is 0 Å². The zero-order valence-corrected chi connectivity index (χ0v) is 13.4. The summed E-state index contributed by atoms with van der Waals surface area (Å²) in [5.74, 6) is 1.76. The number of hydrogen-bond donors (Lipinski definition) is 0. The molecule has 3 heteroatoms. The van der Waals surface area contributed by atoms with Crippen molar-refractivity contribution < 1.29 is 9.47 Å². The maximum absolute atomic E-state index is 6.10. The molecule has 1 aromatic rings. The Kier molecular flexibility index (Phi) is 5.71. The average molecular weight is 327 g/mol. The fourth-order valence-electron chi connectivity index (χ4n) is 2.83. The van der Waals surface area contributed by atoms with Gasteiger partial charge in [0.1, 0.15) is 5.75 Å². The Morgan fingerprint density at radius 2 is 2.16 bits per heavy atom. The summed E-state index contributed by atoms with van der Waals surface area (Å²) < 4.78 is 12.6. The Labute approximate surface area is 124 Å². The van der Waals surface area contributed by atoms with Crippen molar-refractivity contribution in [3.05, 3.63) is 28.2 Å². The van der Waals surface area contributed by atoms with Gasteiger partial charge in [0.25, 0.3) is 0 Å². The topological polar surface area (TPSA) is 18.5 Å². The average Bonchev–Trinajstić information content (AvgIpc) is 2.45. The Morgan fingerprint density at radius 3 is 2.89 bits per heavy atom. The third-order valence-electron chi connectivity index (χ3n) is 4.03. The molecule has 2 unspecified atom stereocenters. The van der Waals surface area contributed by atoms with Crippen molar-refractivity contribution in [3.63, 3.8) is 0 Å². The van der Waals surface area contributed by atoms with Crippen LogP contribution in [0.2, 0.25) is 0 Å². The molecule has 1 aromatic carbocycles. The van der Waals surface area contributed by atoms with Gasteiger partial charge in [-0.05, 0) is 37.0 Å². The van der Waals surface area contributed by atoms with E-state index in [-0.39, 0.29) is 0 Å². The van der Waals surface area contributed by atoms with Gasteiger partial charge in [0, 0.05) is 10.0 Å². The van der Waals surface area contributed by atoms with Gasteiger partial charge in [0.05, 0.1) is 19.8 Å². The number of methoxy groups -OCH3 is 1. The molecular weight excluding hydrogens is 304 g/mol. The highest BCUT2D eigenvalue weighted by Crippen LogP contribution is 2.30. The molecule has 1 saturated carbocycles. The second kappa shape index (κ2) is 7.30. The summed E-state index contributed by atoms with van der Waals surface area (Å²) in [5.41, 5.74) is 1.12. The monoisotopic (exact) mass is 326 g/mol. The summed E-state index contributed by atoms with van der Waals surface area (Å²) in [5, 5.41) is 0. The van der Waals surface area contributed by atoms with Crippen LogP contribution >= 0.6 is 15.9 Å². The minimum absolute atomic E-state index is 0.419. The van der Waals surface area contributed by atoms with E-state index in [2.05, 4.69) is 28.9 Å². The highest BCUT2D eigenvalue weighted by molar-refractivity contribution is 9.10. The first kappa shape index (κ1) is 14.9. The smallest absolute Gasteiger partial charge is 0.124 e. The van der Waals surface area contributed by atoms with Gasteiger partial charge in [-0.2, -0.15) is 0 Å². The van der Waals surface area contributed by atoms with Gasteiger partial charge < -0.3 is 9.47 Å². The number of benzene rings is 1. The molecule has 2 rings (SSSR count). The number of ether oxygens (including phenoxy) is 2. The molecule has 2 nitrogen and oxygen atoms in total. The molecule has 0 spiro atoms. The summed E-state index contributed by atoms with van der Waals surface area (Å²) in [6.07, 6.45) is 6.79. The first-order valence-electron chi connectivity index (χ1n) is 7.17. The predicted molar refractivity (Wildman–Crippen MR) is 81.5 cm³/mol. The van der Waals surface area contributed by atoms with Crippen molar-refractivity contribution in [2.24, 2.45) is 5.92 Å². The largest absolute Gasteiger partial charge is 0.496 e. The van der Waals surface area contributed by atoms with Crippen LogP contribution in [0.25, 0.3) is 0 Å². The third kappa shape index (κ3) is 4.22. The van der Waals surface area contributed by atoms with E-state index in [1.54, 1.807) is 7.11 Å². The maximum atomic E-state index is 6.10. The van der Waals surface area contributed by atoms with Gasteiger partial charge in [0.15, 0.2) is 0 Å². The van der Waals surface area contributed by atoms with Crippen LogP contribution in [0, 0.1) is 5.92 Å². The summed E-state index contributed by atoms with van der Waals surface area (Å²) in [6, 6.07) is 6.06. The maximum Gasteiger partial charge on any atom is 0.124 e. The van der Waals surface area contributed by atoms with Gasteiger partial charge >= 0.3 is 0 Å². The molecule has 0 aromatic heterocycles. The lowest BCUT2D eigenvalue weighted by molar-refractivity contribution is 0.00106. The van der Waals surface area contributed by atoms with Crippen LogP contribution < -0.4 is 4.74 Å². The van der Waals surface area contributed by atoms with Crippen LogP contribution in [-0.4, -0.2) is 13.2 Å². The van der Waals surface area contributed by atoms with E-state index in [0.717, 1.165) is 21.7 Å². The van der Waals surface area contributed by atoms with E-state index in [4.69, 9.17) is 9.47 Å². The molecule has 19 heavy (non-hydrogen) atoms. The van der Waals surface area contributed by atoms with E-state index in [9.17, 15) is 0 Å². The molecule has 1 aliphatic rings. The zero-order chi connectivity index (χ0) is 13.7. The molecular formula is C16H23BrO2. The summed E-state index contributed by atoms with van der Waals surface area (Å²) >= 11 is 3.50. The molecule has 0 heterocycles. The second-order valence-electron chi connectivity index (χ2n) is 5.33. The fraction of sp³-hybridized carbons (Fsp3) is 0.625. The SMILES string of the molecule is CCC1CCCC(OCc2cc(Br)ccc2OC)C1. The number of rotatable bonds is 5. The first-order chi connectivity index (χ1) is 9.22. The minimum Gasteiger partial charge on any atom is -0.496 e. The van der Waals surface area contributed by atoms with E-state index in [1.807, 2.05) is 12.1 Å². The van der Waals surface area contributed by atoms with Crippen molar-refractivity contribution in [2.45, 2.75) is 51.7 Å². The lowest BCUT2D eigenvalue weighted by Crippen LogP contribution is -2.22. The van der Waals surface area contributed by atoms with Crippen molar-refractivity contribution in [2.75, 3.05) is 7.11 Å². The van der Waals surface area contributed by atoms with Crippen LogP contribution in [-0.2, 0) is 11.3 Å². The molecule has 2 atom stereocenters. The van der Waals surface area contributed by atoms with Gasteiger partial charge in [-0.15, -0.1) is 0 Å². The van der Waals surface area contributed by atoms with Crippen molar-refractivity contribution in [1.82, 2.24) is 0 Å². The lowest BCUT2D eigenvalue weighted by Gasteiger charge is -2.28. The van der Waals surface area contributed by atoms with E-state index >= 15 is 0 Å². The van der Waals surface area contributed by atoms with Crippen LogP contribution in [0.3, 0.4) is 0 Å². The molecule has 1 fully saturated rings. The van der Waals surface area contributed by atoms with Crippen LogP contribution in [0.5, 0.6) is 5.75 Å². The van der Waals surface area contributed by atoms with E-state index in [0.29, 0.717) is 12.7 Å². The zero-order valence-electron chi connectivity index (χ0n) is 11.8. The Morgan fingerprint density at radius 1 is 1.32 bits per heavy atom. The second-order valence-corrected chi connectivity index (χ2v) is 6.25. The molecule has 0 aliphatic heterocycles. The summed E-state index contributed by atoms with van der Waals surface area (Å²) in [7, 11) is 1.71. The molecule has 0 amide bonds. The first-order valence-corrected chi connectivity index (χ1v) is 7.96. The van der Waals surface area contributed by atoms with E-state index in [1.165, 1.54) is 32.1 Å². The molecule has 1 aliphatic carbocycles. The van der Waals surface area contributed by atoms with Crippen LogP contribution in [0.15, 0.2) is 22.7 Å². The molecule has 0 N–H and O–H groups in total. The normalized spacial score (nSPS) is 23.3. The molecule has 0 saturated heterocycles. The Hall–Kier alpha value is -0.540. The predicted octanol–water partition coefficient (Wildman–Crippen LogP) is 4.94. The summed E-state index contributed by atoms with van der Waals surface area (Å²) in [6.45, 7) is 2.92. The van der Waals surface area contributed by atoms with Crippen molar-refractivity contribution in [1.29, 1.82) is 0 Å². The third-order valence-corrected chi connectivity index (χ3v) is 4.52. The standard InChI is InChI=1S/C16H23BrO2/c1-3-12-5-4-6-15(9-12)19-11-13-10-14(17)7-8-16(13)18-2/h7-8,10,12,15H,3-6,9,11H2,1-2H3. The number of hydrogen-bond acceptors (Lipinski definition) is 2. The minimum atomic E-state index is 0.419. The fourth-order valence-corrected chi connectivity index (χ4v) is 3.24. The molecule has 0 bridgehead atoms. The molecule has 106 valence electrons. The number of halogens is 1. The summed E-state index contributed by atoms with van der Waals surface area (Å²) in [4.78, 5) is 0. The van der Waals surface area contributed by atoms with Gasteiger partial charge in [-0.1, -0.05) is 42.1 Å². The van der Waals surface area contributed by atoms with Gasteiger partial charge in [-0.3, -0.25) is 0 Å². The van der Waals surface area contributed by atoms with Crippen LogP contribution in [0.4, 0.5) is 0 Å². The Balaban J connectivity index is 1.92. The van der Waals surface area contributed by atoms with Crippen molar-refractivity contribution >= 4 is 15.9 Å². The van der Waals surface area contributed by atoms with Crippen LogP contribution in [0.1, 0.15) is 44.6 Å². The highest BCUT2D eigenvalue weighted by Gasteiger charge is 2.21. The van der Waals surface area contributed by atoms with Gasteiger partial charge in [0.2, 0.25) is 0 Å². The quantitative estimate of drug-likeness (QED) is 0.762. The van der Waals surface area contributed by atoms with Crippen molar-refractivity contribution in [3.8, 4) is 5.75 Å².